The van der Waals surface area contributed by atoms with Gasteiger partial charge in [0.05, 0.1) is 17.7 Å². The van der Waals surface area contributed by atoms with E-state index in [1.165, 1.54) is 18.2 Å². The minimum Gasteiger partial charge on any atom is -0.388 e. The van der Waals surface area contributed by atoms with Gasteiger partial charge in [-0.3, -0.25) is 0 Å². The smallest absolute Gasteiger partial charge is 0.123 e. The van der Waals surface area contributed by atoms with Gasteiger partial charge in [0, 0.05) is 18.9 Å². The van der Waals surface area contributed by atoms with Crippen LogP contribution in [0.15, 0.2) is 36.7 Å². The molecule has 0 bridgehead atoms. The van der Waals surface area contributed by atoms with E-state index in [9.17, 15) is 9.50 Å². The van der Waals surface area contributed by atoms with E-state index in [1.54, 1.807) is 0 Å². The van der Waals surface area contributed by atoms with Gasteiger partial charge in [0.15, 0.2) is 0 Å². The molecule has 0 saturated heterocycles. The molecule has 3 nitrogen and oxygen atoms in total. The molecular formula is C16H17FN2O. The average molecular weight is 272 g/mol. The highest BCUT2D eigenvalue weighted by Crippen LogP contribution is 2.22. The third kappa shape index (κ3) is 3.06. The Kier molecular flexibility index (Phi) is 4.21. The second kappa shape index (κ2) is 5.89. The van der Waals surface area contributed by atoms with Crippen LogP contribution in [0.2, 0.25) is 0 Å². The van der Waals surface area contributed by atoms with Crippen molar-refractivity contribution in [1.82, 2.24) is 4.57 Å². The van der Waals surface area contributed by atoms with Gasteiger partial charge in [-0.1, -0.05) is 13.8 Å². The van der Waals surface area contributed by atoms with Crippen LogP contribution in [0.1, 0.15) is 36.6 Å². The number of benzene rings is 1. The molecule has 0 fully saturated rings. The van der Waals surface area contributed by atoms with Gasteiger partial charge in [-0.2, -0.15) is 5.26 Å². The molecule has 1 aromatic carbocycles. The summed E-state index contributed by atoms with van der Waals surface area (Å²) in [4.78, 5) is 0. The van der Waals surface area contributed by atoms with Crippen molar-refractivity contribution in [2.75, 3.05) is 0 Å². The third-order valence-corrected chi connectivity index (χ3v) is 3.29. The number of rotatable bonds is 4. The van der Waals surface area contributed by atoms with Crippen molar-refractivity contribution in [2.45, 2.75) is 26.5 Å². The van der Waals surface area contributed by atoms with Crippen LogP contribution in [0, 0.1) is 23.1 Å². The fraction of sp³-hybridized carbons (Fsp3) is 0.312. The Morgan fingerprint density at radius 1 is 1.35 bits per heavy atom. The Balaban J connectivity index is 2.23. The summed E-state index contributed by atoms with van der Waals surface area (Å²) >= 11 is 0. The van der Waals surface area contributed by atoms with Gasteiger partial charge in [0.25, 0.3) is 0 Å². The van der Waals surface area contributed by atoms with E-state index in [1.807, 2.05) is 36.9 Å². The molecular weight excluding hydrogens is 255 g/mol. The molecule has 1 N–H and O–H groups in total. The van der Waals surface area contributed by atoms with Crippen molar-refractivity contribution >= 4 is 0 Å². The van der Waals surface area contributed by atoms with Crippen LogP contribution in [-0.4, -0.2) is 9.67 Å². The largest absolute Gasteiger partial charge is 0.388 e. The number of hydrogen-bond acceptors (Lipinski definition) is 2. The number of nitrogens with zero attached hydrogens (tertiary/aromatic N) is 2. The number of nitriles is 1. The molecule has 0 amide bonds. The summed E-state index contributed by atoms with van der Waals surface area (Å²) in [5.41, 5.74) is 1.93. The predicted molar refractivity (Wildman–Crippen MR) is 74.4 cm³/mol. The van der Waals surface area contributed by atoms with Gasteiger partial charge in [0.2, 0.25) is 0 Å². The Hall–Kier alpha value is -2.12. The van der Waals surface area contributed by atoms with Crippen LogP contribution in [-0.2, 0) is 6.54 Å². The fourth-order valence-electron chi connectivity index (χ4n) is 2.12. The maximum absolute atomic E-state index is 13.3. The molecule has 0 spiro atoms. The molecule has 1 atom stereocenters. The topological polar surface area (TPSA) is 49.0 Å². The number of aromatic nitrogens is 1. The molecule has 1 aromatic heterocycles. The molecule has 1 heterocycles. The van der Waals surface area contributed by atoms with Crippen LogP contribution in [0.25, 0.3) is 0 Å². The van der Waals surface area contributed by atoms with E-state index >= 15 is 0 Å². The molecule has 0 aliphatic carbocycles. The summed E-state index contributed by atoms with van der Waals surface area (Å²) in [5, 5.41) is 19.0. The summed E-state index contributed by atoms with van der Waals surface area (Å²) < 4.78 is 15.1. The monoisotopic (exact) mass is 272 g/mol. The van der Waals surface area contributed by atoms with Gasteiger partial charge in [-0.25, -0.2) is 4.39 Å². The van der Waals surface area contributed by atoms with E-state index in [0.717, 1.165) is 5.56 Å². The molecule has 0 saturated carbocycles. The fourth-order valence-corrected chi connectivity index (χ4v) is 2.12. The molecule has 2 aromatic rings. The number of halogens is 1. The first-order valence-electron chi connectivity index (χ1n) is 6.53. The number of hydrogen-bond donors (Lipinski definition) is 1. The lowest BCUT2D eigenvalue weighted by molar-refractivity contribution is 0.127. The molecule has 0 aliphatic heterocycles. The summed E-state index contributed by atoms with van der Waals surface area (Å²) in [7, 11) is 0. The maximum Gasteiger partial charge on any atom is 0.123 e. The van der Waals surface area contributed by atoms with E-state index in [0.29, 0.717) is 17.7 Å². The Bertz CT molecular complexity index is 640. The van der Waals surface area contributed by atoms with Crippen molar-refractivity contribution in [1.29, 1.82) is 5.26 Å². The van der Waals surface area contributed by atoms with Gasteiger partial charge in [0.1, 0.15) is 5.82 Å². The minimum absolute atomic E-state index is 0.134. The van der Waals surface area contributed by atoms with Crippen LogP contribution in [0.5, 0.6) is 0 Å². The Morgan fingerprint density at radius 3 is 2.75 bits per heavy atom. The van der Waals surface area contributed by atoms with E-state index in [2.05, 4.69) is 6.07 Å². The quantitative estimate of drug-likeness (QED) is 0.928. The lowest BCUT2D eigenvalue weighted by Gasteiger charge is -2.12. The van der Waals surface area contributed by atoms with E-state index in [-0.39, 0.29) is 11.7 Å². The van der Waals surface area contributed by atoms with Crippen LogP contribution >= 0.6 is 0 Å². The summed E-state index contributed by atoms with van der Waals surface area (Å²) in [6.45, 7) is 4.30. The zero-order chi connectivity index (χ0) is 14.7. The molecule has 104 valence electrons. The summed E-state index contributed by atoms with van der Waals surface area (Å²) in [6.07, 6.45) is 3.14. The zero-order valence-corrected chi connectivity index (χ0v) is 11.5. The SMILES string of the molecule is CC(C)C(O)c1ccn(Cc2cc(F)ccc2C#N)c1. The Labute approximate surface area is 117 Å². The average Bonchev–Trinajstić information content (AvgIpc) is 2.86. The van der Waals surface area contributed by atoms with Gasteiger partial charge >= 0.3 is 0 Å². The normalized spacial score (nSPS) is 12.4. The van der Waals surface area contributed by atoms with Crippen molar-refractivity contribution in [3.05, 3.63) is 59.2 Å². The molecule has 2 rings (SSSR count). The van der Waals surface area contributed by atoms with E-state index < -0.39 is 6.10 Å². The standard InChI is InChI=1S/C16H17FN2O/c1-11(2)16(20)13-5-6-19(9-13)10-14-7-15(17)4-3-12(14)8-18/h3-7,9,11,16,20H,10H2,1-2H3. The Morgan fingerprint density at radius 2 is 2.10 bits per heavy atom. The highest BCUT2D eigenvalue weighted by atomic mass is 19.1. The van der Waals surface area contributed by atoms with Crippen LogP contribution in [0.3, 0.4) is 0 Å². The van der Waals surface area contributed by atoms with Crippen LogP contribution in [0.4, 0.5) is 4.39 Å². The molecule has 4 heteroatoms. The van der Waals surface area contributed by atoms with Crippen LogP contribution < -0.4 is 0 Å². The van der Waals surface area contributed by atoms with Crippen molar-refractivity contribution in [3.8, 4) is 6.07 Å². The lowest BCUT2D eigenvalue weighted by atomic mass is 10.0. The first-order valence-corrected chi connectivity index (χ1v) is 6.53. The first-order chi connectivity index (χ1) is 9.51. The third-order valence-electron chi connectivity index (χ3n) is 3.29. The van der Waals surface area contributed by atoms with E-state index in [4.69, 9.17) is 5.26 Å². The number of aliphatic hydroxyl groups excluding tert-OH is 1. The van der Waals surface area contributed by atoms with Gasteiger partial charge < -0.3 is 9.67 Å². The minimum atomic E-state index is -0.515. The zero-order valence-electron chi connectivity index (χ0n) is 11.5. The van der Waals surface area contributed by atoms with Crippen molar-refractivity contribution in [2.24, 2.45) is 5.92 Å². The van der Waals surface area contributed by atoms with Gasteiger partial charge in [-0.05, 0) is 41.3 Å². The molecule has 1 unspecified atom stereocenters. The molecule has 0 aliphatic rings. The van der Waals surface area contributed by atoms with Gasteiger partial charge in [-0.15, -0.1) is 0 Å². The highest BCUT2D eigenvalue weighted by molar-refractivity contribution is 5.38. The molecule has 0 radical (unpaired) electrons. The first kappa shape index (κ1) is 14.3. The number of aliphatic hydroxyl groups is 1. The lowest BCUT2D eigenvalue weighted by Crippen LogP contribution is -2.05. The second-order valence-corrected chi connectivity index (χ2v) is 5.22. The predicted octanol–water partition coefficient (Wildman–Crippen LogP) is 3.24. The summed E-state index contributed by atoms with van der Waals surface area (Å²) in [5.74, 6) is -0.219. The maximum atomic E-state index is 13.3. The van der Waals surface area contributed by atoms with Crippen molar-refractivity contribution in [3.63, 3.8) is 0 Å². The highest BCUT2D eigenvalue weighted by Gasteiger charge is 2.13. The molecule has 20 heavy (non-hydrogen) atoms. The summed E-state index contributed by atoms with van der Waals surface area (Å²) in [6, 6.07) is 8.04. The second-order valence-electron chi connectivity index (χ2n) is 5.22. The van der Waals surface area contributed by atoms with Crippen molar-refractivity contribution < 1.29 is 9.50 Å².